The quantitative estimate of drug-likeness (QED) is 0.454. The number of aliphatic hydroxyl groups is 2. The summed E-state index contributed by atoms with van der Waals surface area (Å²) < 4.78 is 5.03. The van der Waals surface area contributed by atoms with Crippen molar-refractivity contribution >= 4 is 5.97 Å². The number of terminal acetylenes is 1. The van der Waals surface area contributed by atoms with Crippen LogP contribution in [0.25, 0.3) is 0 Å². The Morgan fingerprint density at radius 2 is 1.88 bits per heavy atom. The second-order valence-corrected chi connectivity index (χ2v) is 3.94. The summed E-state index contributed by atoms with van der Waals surface area (Å²) >= 11 is 0. The Bertz CT molecular complexity index is 424. The maximum Gasteiger partial charge on any atom is 0.321 e. The third-order valence-electron chi connectivity index (χ3n) is 2.42. The highest BCUT2D eigenvalue weighted by molar-refractivity contribution is 5.79. The summed E-state index contributed by atoms with van der Waals surface area (Å²) in [5.74, 6) is 2.08. The van der Waals surface area contributed by atoms with Gasteiger partial charge in [-0.3, -0.25) is 4.79 Å². The van der Waals surface area contributed by atoms with Gasteiger partial charge in [-0.15, -0.1) is 6.42 Å². The summed E-state index contributed by atoms with van der Waals surface area (Å²) in [6.45, 7) is 0.459. The van der Waals surface area contributed by atoms with E-state index in [2.05, 4.69) is 5.92 Å². The Balaban J connectivity index is 2.78. The van der Waals surface area contributed by atoms with Crippen molar-refractivity contribution in [1.82, 2.24) is 0 Å². The van der Waals surface area contributed by atoms with Gasteiger partial charge in [0.25, 0.3) is 0 Å². The number of ether oxygens (including phenoxy) is 1. The Morgan fingerprint density at radius 1 is 1.35 bits per heavy atom. The molecule has 0 aliphatic heterocycles. The van der Waals surface area contributed by atoms with Crippen molar-refractivity contribution in [3.8, 4) is 18.1 Å². The van der Waals surface area contributed by atoms with E-state index in [4.69, 9.17) is 21.4 Å². The molecule has 4 heteroatoms. The van der Waals surface area contributed by atoms with Crippen LogP contribution in [0.4, 0.5) is 0 Å². The second kappa shape index (κ2) is 5.48. The van der Waals surface area contributed by atoms with Gasteiger partial charge in [-0.25, -0.2) is 0 Å². The number of carbonyl (C=O) groups is 1. The smallest absolute Gasteiger partial charge is 0.321 e. The fraction of sp³-hybridized carbons (Fsp3) is 0.308. The number of hydrogen-bond donors (Lipinski definition) is 2. The van der Waals surface area contributed by atoms with E-state index in [-0.39, 0.29) is 0 Å². The first kappa shape index (κ1) is 13.2. The lowest BCUT2D eigenvalue weighted by Gasteiger charge is -2.21. The van der Waals surface area contributed by atoms with Gasteiger partial charge in [0.2, 0.25) is 0 Å². The van der Waals surface area contributed by atoms with Crippen LogP contribution in [0.1, 0.15) is 12.5 Å². The molecule has 1 rings (SSSR count). The van der Waals surface area contributed by atoms with Gasteiger partial charge in [0.15, 0.2) is 0 Å². The third kappa shape index (κ3) is 3.06. The summed E-state index contributed by atoms with van der Waals surface area (Å²) in [5.41, 5.74) is -0.623. The molecule has 0 aliphatic rings. The number of benzene rings is 1. The minimum Gasteiger partial charge on any atom is -0.426 e. The molecule has 0 aromatic heterocycles. The van der Waals surface area contributed by atoms with Crippen LogP contribution in [0.5, 0.6) is 5.75 Å². The van der Waals surface area contributed by atoms with Gasteiger partial charge in [-0.1, -0.05) is 5.92 Å². The van der Waals surface area contributed by atoms with Crippen LogP contribution < -0.4 is 4.74 Å². The van der Waals surface area contributed by atoms with E-state index < -0.39 is 24.6 Å². The highest BCUT2D eigenvalue weighted by Crippen LogP contribution is 2.20. The zero-order valence-electron chi connectivity index (χ0n) is 9.51. The fourth-order valence-electron chi connectivity index (χ4n) is 1.03. The lowest BCUT2D eigenvalue weighted by Crippen LogP contribution is -2.38. The lowest BCUT2D eigenvalue weighted by atomic mass is 9.93. The van der Waals surface area contributed by atoms with Crippen LogP contribution in [-0.4, -0.2) is 29.4 Å². The summed E-state index contributed by atoms with van der Waals surface area (Å²) in [6, 6.07) is 6.39. The summed E-state index contributed by atoms with van der Waals surface area (Å²) in [5, 5.41) is 18.1. The van der Waals surface area contributed by atoms with E-state index in [0.29, 0.717) is 11.3 Å². The molecule has 0 fully saturated rings. The molecule has 0 aliphatic carbocycles. The van der Waals surface area contributed by atoms with E-state index >= 15 is 0 Å². The molecule has 17 heavy (non-hydrogen) atoms. The molecule has 0 radical (unpaired) electrons. The molecule has 0 saturated heterocycles. The minimum atomic E-state index is -1.30. The Morgan fingerprint density at radius 3 is 2.29 bits per heavy atom. The van der Waals surface area contributed by atoms with E-state index in [1.165, 1.54) is 6.92 Å². The van der Waals surface area contributed by atoms with Crippen molar-refractivity contribution in [3.05, 3.63) is 29.8 Å². The van der Waals surface area contributed by atoms with E-state index in [9.17, 15) is 4.79 Å². The van der Waals surface area contributed by atoms with Gasteiger partial charge in [0.05, 0.1) is 13.2 Å². The van der Waals surface area contributed by atoms with Crippen LogP contribution in [0.2, 0.25) is 0 Å². The number of rotatable bonds is 4. The van der Waals surface area contributed by atoms with Crippen molar-refractivity contribution in [2.75, 3.05) is 13.2 Å². The molecule has 0 amide bonds. The first-order chi connectivity index (χ1) is 8.05. The average molecular weight is 234 g/mol. The molecule has 0 saturated carbocycles. The molecular formula is C13H14O4. The molecule has 0 bridgehead atoms. The molecule has 1 aromatic carbocycles. The Hall–Kier alpha value is -1.83. The maximum absolute atomic E-state index is 11.7. The predicted molar refractivity (Wildman–Crippen MR) is 62.3 cm³/mol. The molecule has 0 heterocycles. The molecule has 4 nitrogen and oxygen atoms in total. The number of carbonyl (C=O) groups excluding carboxylic acids is 1. The third-order valence-corrected chi connectivity index (χ3v) is 2.42. The van der Waals surface area contributed by atoms with Gasteiger partial charge in [-0.2, -0.15) is 0 Å². The van der Waals surface area contributed by atoms with Crippen molar-refractivity contribution in [1.29, 1.82) is 0 Å². The van der Waals surface area contributed by atoms with Gasteiger partial charge in [0.1, 0.15) is 11.2 Å². The highest BCUT2D eigenvalue weighted by atomic mass is 16.5. The van der Waals surface area contributed by atoms with Crippen LogP contribution in [-0.2, 0) is 4.79 Å². The van der Waals surface area contributed by atoms with Crippen LogP contribution in [0.3, 0.4) is 0 Å². The molecular weight excluding hydrogens is 220 g/mol. The molecule has 0 unspecified atom stereocenters. The van der Waals surface area contributed by atoms with Crippen LogP contribution in [0.15, 0.2) is 24.3 Å². The zero-order chi connectivity index (χ0) is 12.9. The van der Waals surface area contributed by atoms with Crippen molar-refractivity contribution in [3.63, 3.8) is 0 Å². The maximum atomic E-state index is 11.7. The first-order valence-electron chi connectivity index (χ1n) is 5.06. The number of esters is 1. The number of hydrogen-bond acceptors (Lipinski definition) is 4. The van der Waals surface area contributed by atoms with E-state index in [0.717, 1.165) is 0 Å². The Labute approximate surface area is 99.8 Å². The largest absolute Gasteiger partial charge is 0.426 e. The SMILES string of the molecule is C#Cc1ccc(OC(=O)C(C)(CO)CO)cc1. The monoisotopic (exact) mass is 234 g/mol. The predicted octanol–water partition coefficient (Wildman–Crippen LogP) is 0.564. The molecule has 1 aromatic rings. The fourth-order valence-corrected chi connectivity index (χ4v) is 1.03. The molecule has 2 N–H and O–H groups in total. The Kier molecular flexibility index (Phi) is 4.27. The zero-order valence-corrected chi connectivity index (χ0v) is 9.51. The highest BCUT2D eigenvalue weighted by Gasteiger charge is 2.34. The van der Waals surface area contributed by atoms with Crippen molar-refractivity contribution < 1.29 is 19.7 Å². The summed E-state index contributed by atoms with van der Waals surface area (Å²) in [4.78, 5) is 11.7. The van der Waals surface area contributed by atoms with Gasteiger partial charge in [0, 0.05) is 5.56 Å². The average Bonchev–Trinajstić information content (AvgIpc) is 2.38. The standard InChI is InChI=1S/C13H14O4/c1-3-10-4-6-11(7-5-10)17-12(16)13(2,8-14)9-15/h1,4-7,14-15H,8-9H2,2H3. The normalized spacial score (nSPS) is 10.7. The molecule has 90 valence electrons. The van der Waals surface area contributed by atoms with Crippen molar-refractivity contribution in [2.24, 2.45) is 5.41 Å². The number of aliphatic hydroxyl groups excluding tert-OH is 2. The van der Waals surface area contributed by atoms with Crippen molar-refractivity contribution in [2.45, 2.75) is 6.92 Å². The van der Waals surface area contributed by atoms with E-state index in [1.54, 1.807) is 24.3 Å². The summed E-state index contributed by atoms with van der Waals surface area (Å²) in [7, 11) is 0. The van der Waals surface area contributed by atoms with E-state index in [1.807, 2.05) is 0 Å². The molecule has 0 spiro atoms. The van der Waals surface area contributed by atoms with Crippen LogP contribution in [0, 0.1) is 17.8 Å². The van der Waals surface area contributed by atoms with Gasteiger partial charge < -0.3 is 14.9 Å². The second-order valence-electron chi connectivity index (χ2n) is 3.94. The first-order valence-corrected chi connectivity index (χ1v) is 5.06. The molecule has 0 atom stereocenters. The van der Waals surface area contributed by atoms with Crippen LogP contribution >= 0.6 is 0 Å². The summed E-state index contributed by atoms with van der Waals surface area (Å²) in [6.07, 6.45) is 5.19. The minimum absolute atomic E-state index is 0.321. The van der Waals surface area contributed by atoms with Gasteiger partial charge in [-0.05, 0) is 31.2 Å². The lowest BCUT2D eigenvalue weighted by molar-refractivity contribution is -0.149. The van der Waals surface area contributed by atoms with Gasteiger partial charge >= 0.3 is 5.97 Å². The topological polar surface area (TPSA) is 66.8 Å².